The van der Waals surface area contributed by atoms with Crippen molar-refractivity contribution in [1.82, 2.24) is 19.5 Å². The molecule has 7 heteroatoms. The van der Waals surface area contributed by atoms with Gasteiger partial charge in [0.2, 0.25) is 5.95 Å². The van der Waals surface area contributed by atoms with E-state index >= 15 is 0 Å². The molecule has 0 saturated carbocycles. The Morgan fingerprint density at radius 1 is 1.07 bits per heavy atom. The van der Waals surface area contributed by atoms with Gasteiger partial charge in [0.1, 0.15) is 0 Å². The van der Waals surface area contributed by atoms with Gasteiger partial charge in [-0.05, 0) is 25.1 Å². The van der Waals surface area contributed by atoms with Crippen molar-refractivity contribution in [2.75, 3.05) is 5.43 Å². The van der Waals surface area contributed by atoms with Crippen molar-refractivity contribution in [1.29, 1.82) is 0 Å². The molecular weight excluding hydrogens is 342 g/mol. The average molecular weight is 361 g/mol. The first-order chi connectivity index (χ1) is 13.1. The third-order valence-electron chi connectivity index (χ3n) is 4.61. The zero-order valence-corrected chi connectivity index (χ0v) is 15.1. The predicted octanol–water partition coefficient (Wildman–Crippen LogP) is 2.67. The molecule has 0 aliphatic rings. The third kappa shape index (κ3) is 2.83. The first-order valence-corrected chi connectivity index (χ1v) is 8.70. The van der Waals surface area contributed by atoms with E-state index in [1.54, 1.807) is 24.4 Å². The number of anilines is 1. The van der Waals surface area contributed by atoms with Crippen molar-refractivity contribution >= 4 is 33.7 Å². The zero-order chi connectivity index (χ0) is 19.0. The summed E-state index contributed by atoms with van der Waals surface area (Å²) in [5, 5.41) is 1.41. The van der Waals surface area contributed by atoms with Crippen LogP contribution in [0.4, 0.5) is 5.95 Å². The Labute approximate surface area is 155 Å². The lowest BCUT2D eigenvalue weighted by Gasteiger charge is -2.13. The normalized spacial score (nSPS) is 11.0. The molecule has 4 aromatic rings. The number of amides is 1. The number of nitrogens with zero attached hydrogens (tertiary/aromatic N) is 3. The maximum absolute atomic E-state index is 12.7. The molecule has 2 aromatic heterocycles. The second-order valence-electron chi connectivity index (χ2n) is 6.25. The molecule has 0 bridgehead atoms. The average Bonchev–Trinajstić information content (AvgIpc) is 3.03. The SMILES string of the molecule is CCn1c(NNC(=O)c2cn(C)c3ccccc23)nc2ccccc2c1=O. The number of carbonyl (C=O) groups excluding carboxylic acids is 1. The standard InChI is InChI=1S/C20H19N5O2/c1-3-25-19(27)14-9-4-6-10-16(14)21-20(25)23-22-18(26)15-12-24(2)17-11-7-5-8-13(15)17/h4-12H,3H2,1-2H3,(H,21,23)(H,22,26). The number of fused-ring (bicyclic) bond motifs is 2. The van der Waals surface area contributed by atoms with E-state index in [2.05, 4.69) is 15.8 Å². The highest BCUT2D eigenvalue weighted by Gasteiger charge is 2.15. The molecule has 0 unspecified atom stereocenters. The van der Waals surface area contributed by atoms with Gasteiger partial charge in [-0.25, -0.2) is 4.98 Å². The Balaban J connectivity index is 1.67. The van der Waals surface area contributed by atoms with E-state index in [0.29, 0.717) is 29.0 Å². The zero-order valence-electron chi connectivity index (χ0n) is 15.1. The molecule has 0 fully saturated rings. The van der Waals surface area contributed by atoms with Gasteiger partial charge in [-0.1, -0.05) is 30.3 Å². The maximum Gasteiger partial charge on any atom is 0.271 e. The first kappa shape index (κ1) is 16.8. The van der Waals surface area contributed by atoms with Crippen LogP contribution in [0.2, 0.25) is 0 Å². The van der Waals surface area contributed by atoms with Crippen LogP contribution in [0.15, 0.2) is 59.5 Å². The monoisotopic (exact) mass is 361 g/mol. The molecule has 136 valence electrons. The third-order valence-corrected chi connectivity index (χ3v) is 4.61. The van der Waals surface area contributed by atoms with Gasteiger partial charge >= 0.3 is 0 Å². The lowest BCUT2D eigenvalue weighted by molar-refractivity contribution is 0.0963. The van der Waals surface area contributed by atoms with E-state index in [1.807, 2.05) is 48.9 Å². The van der Waals surface area contributed by atoms with Crippen LogP contribution in [-0.2, 0) is 13.6 Å². The van der Waals surface area contributed by atoms with E-state index in [-0.39, 0.29) is 11.5 Å². The maximum atomic E-state index is 12.7. The highest BCUT2D eigenvalue weighted by atomic mass is 16.2. The Bertz CT molecular complexity index is 1220. The molecule has 0 aliphatic heterocycles. The fourth-order valence-electron chi connectivity index (χ4n) is 3.26. The molecule has 0 spiro atoms. The van der Waals surface area contributed by atoms with Crippen molar-refractivity contribution in [2.45, 2.75) is 13.5 Å². The molecule has 27 heavy (non-hydrogen) atoms. The summed E-state index contributed by atoms with van der Waals surface area (Å²) in [6.45, 7) is 2.29. The van der Waals surface area contributed by atoms with Gasteiger partial charge in [-0.3, -0.25) is 25.0 Å². The molecule has 4 rings (SSSR count). The molecule has 2 aromatic carbocycles. The highest BCUT2D eigenvalue weighted by Crippen LogP contribution is 2.20. The number of carbonyl (C=O) groups is 1. The molecule has 2 heterocycles. The Morgan fingerprint density at radius 3 is 2.56 bits per heavy atom. The number of rotatable bonds is 4. The Hall–Kier alpha value is -3.61. The molecule has 0 saturated heterocycles. The smallest absolute Gasteiger partial charge is 0.271 e. The van der Waals surface area contributed by atoms with E-state index < -0.39 is 0 Å². The summed E-state index contributed by atoms with van der Waals surface area (Å²) < 4.78 is 3.40. The van der Waals surface area contributed by atoms with Crippen LogP contribution in [0.25, 0.3) is 21.8 Å². The van der Waals surface area contributed by atoms with Crippen LogP contribution in [0.5, 0.6) is 0 Å². The van der Waals surface area contributed by atoms with Crippen LogP contribution in [-0.4, -0.2) is 20.0 Å². The van der Waals surface area contributed by atoms with Gasteiger partial charge in [-0.2, -0.15) is 0 Å². The number of hydrazine groups is 1. The number of para-hydroxylation sites is 2. The van der Waals surface area contributed by atoms with Crippen molar-refractivity contribution < 1.29 is 4.79 Å². The highest BCUT2D eigenvalue weighted by molar-refractivity contribution is 6.07. The van der Waals surface area contributed by atoms with Crippen molar-refractivity contribution in [2.24, 2.45) is 7.05 Å². The Morgan fingerprint density at radius 2 is 1.78 bits per heavy atom. The summed E-state index contributed by atoms with van der Waals surface area (Å²) in [5.41, 5.74) is 7.42. The molecular formula is C20H19N5O2. The quantitative estimate of drug-likeness (QED) is 0.548. The van der Waals surface area contributed by atoms with Gasteiger partial charge in [0, 0.05) is 30.7 Å². The summed E-state index contributed by atoms with van der Waals surface area (Å²) in [7, 11) is 1.90. The van der Waals surface area contributed by atoms with Crippen LogP contribution in [0.1, 0.15) is 17.3 Å². The number of aromatic nitrogens is 3. The predicted molar refractivity (Wildman–Crippen MR) is 106 cm³/mol. The van der Waals surface area contributed by atoms with E-state index in [0.717, 1.165) is 10.9 Å². The minimum absolute atomic E-state index is 0.148. The second kappa shape index (κ2) is 6.60. The minimum Gasteiger partial charge on any atom is -0.350 e. The van der Waals surface area contributed by atoms with Gasteiger partial charge in [0.15, 0.2) is 0 Å². The molecule has 0 aliphatic carbocycles. The lowest BCUT2D eigenvalue weighted by atomic mass is 10.2. The summed E-state index contributed by atoms with van der Waals surface area (Å²) >= 11 is 0. The summed E-state index contributed by atoms with van der Waals surface area (Å²) in [6, 6.07) is 14.8. The number of aryl methyl sites for hydroxylation is 1. The van der Waals surface area contributed by atoms with Gasteiger partial charge < -0.3 is 4.57 Å². The van der Waals surface area contributed by atoms with Gasteiger partial charge in [0.25, 0.3) is 11.5 Å². The van der Waals surface area contributed by atoms with E-state index in [9.17, 15) is 9.59 Å². The largest absolute Gasteiger partial charge is 0.350 e. The molecule has 0 radical (unpaired) electrons. The van der Waals surface area contributed by atoms with Gasteiger partial charge in [-0.15, -0.1) is 0 Å². The molecule has 0 atom stereocenters. The van der Waals surface area contributed by atoms with Crippen LogP contribution < -0.4 is 16.4 Å². The van der Waals surface area contributed by atoms with E-state index in [1.165, 1.54) is 4.57 Å². The molecule has 1 amide bonds. The number of benzene rings is 2. The first-order valence-electron chi connectivity index (χ1n) is 8.70. The van der Waals surface area contributed by atoms with Gasteiger partial charge in [0.05, 0.1) is 16.5 Å². The minimum atomic E-state index is -0.295. The van der Waals surface area contributed by atoms with Crippen LogP contribution >= 0.6 is 0 Å². The number of hydrogen-bond acceptors (Lipinski definition) is 4. The topological polar surface area (TPSA) is 81.0 Å². The fourth-order valence-corrected chi connectivity index (χ4v) is 3.26. The Kier molecular flexibility index (Phi) is 4.12. The van der Waals surface area contributed by atoms with Crippen LogP contribution in [0.3, 0.4) is 0 Å². The lowest BCUT2D eigenvalue weighted by Crippen LogP contribution is -2.34. The summed E-state index contributed by atoms with van der Waals surface area (Å²) in [5.74, 6) is 0.00615. The fraction of sp³-hybridized carbons (Fsp3) is 0.150. The van der Waals surface area contributed by atoms with Crippen LogP contribution in [0, 0.1) is 0 Å². The number of nitrogens with one attached hydrogen (secondary N) is 2. The van der Waals surface area contributed by atoms with Crippen molar-refractivity contribution in [3.63, 3.8) is 0 Å². The summed E-state index contributed by atoms with van der Waals surface area (Å²) in [4.78, 5) is 29.8. The summed E-state index contributed by atoms with van der Waals surface area (Å²) in [6.07, 6.45) is 1.78. The second-order valence-corrected chi connectivity index (χ2v) is 6.25. The molecule has 7 nitrogen and oxygen atoms in total. The van der Waals surface area contributed by atoms with Crippen molar-refractivity contribution in [3.05, 3.63) is 70.6 Å². The van der Waals surface area contributed by atoms with Crippen molar-refractivity contribution in [3.8, 4) is 0 Å². The molecule has 2 N–H and O–H groups in total. The van der Waals surface area contributed by atoms with E-state index in [4.69, 9.17) is 0 Å². The number of hydrogen-bond donors (Lipinski definition) is 2.